The van der Waals surface area contributed by atoms with E-state index in [0.717, 1.165) is 55.0 Å². The fraction of sp³-hybridized carbons (Fsp3) is 0.500. The molecule has 0 aliphatic carbocycles. The Balaban J connectivity index is 0.00000243. The van der Waals surface area contributed by atoms with Gasteiger partial charge in [-0.05, 0) is 63.3 Å². The maximum Gasteiger partial charge on any atom is 0.253 e. The molecule has 1 aromatic heterocycles. The van der Waals surface area contributed by atoms with Gasteiger partial charge in [0, 0.05) is 30.4 Å². The molecule has 0 bridgehead atoms. The number of halogens is 1. The van der Waals surface area contributed by atoms with E-state index in [9.17, 15) is 4.79 Å². The molecule has 1 aromatic carbocycles. The van der Waals surface area contributed by atoms with Crippen molar-refractivity contribution in [2.45, 2.75) is 46.2 Å². The van der Waals surface area contributed by atoms with Crippen molar-refractivity contribution < 1.29 is 4.79 Å². The van der Waals surface area contributed by atoms with Crippen LogP contribution in [0.25, 0.3) is 0 Å². The summed E-state index contributed by atoms with van der Waals surface area (Å²) in [6.45, 7) is 8.42. The zero-order valence-corrected chi connectivity index (χ0v) is 16.6. The number of carbonyl (C=O) groups excluding carboxylic acids is 1. The van der Waals surface area contributed by atoms with Gasteiger partial charge in [-0.3, -0.25) is 9.48 Å². The van der Waals surface area contributed by atoms with Gasteiger partial charge in [-0.2, -0.15) is 5.10 Å². The van der Waals surface area contributed by atoms with Gasteiger partial charge in [0.05, 0.1) is 12.2 Å². The molecule has 5 nitrogen and oxygen atoms in total. The first-order chi connectivity index (χ1) is 11.9. The van der Waals surface area contributed by atoms with Gasteiger partial charge in [0.25, 0.3) is 5.91 Å². The Bertz CT molecular complexity index is 739. The van der Waals surface area contributed by atoms with Crippen LogP contribution in [0.4, 0.5) is 0 Å². The Hall–Kier alpha value is -1.85. The molecule has 26 heavy (non-hydrogen) atoms. The average Bonchev–Trinajstić information content (AvgIpc) is 2.92. The molecule has 2 N–H and O–H groups in total. The first-order valence-electron chi connectivity index (χ1n) is 9.09. The van der Waals surface area contributed by atoms with Crippen molar-refractivity contribution in [1.82, 2.24) is 14.7 Å². The van der Waals surface area contributed by atoms with Gasteiger partial charge in [-0.1, -0.05) is 12.1 Å². The summed E-state index contributed by atoms with van der Waals surface area (Å²) in [6, 6.07) is 10.1. The highest BCUT2D eigenvalue weighted by molar-refractivity contribution is 5.94. The number of rotatable bonds is 4. The summed E-state index contributed by atoms with van der Waals surface area (Å²) in [5.74, 6) is 0.519. The zero-order valence-electron chi connectivity index (χ0n) is 15.8. The molecule has 2 unspecified atom stereocenters. The minimum atomic E-state index is 0. The van der Waals surface area contributed by atoms with Crippen LogP contribution < -0.4 is 5.73 Å². The van der Waals surface area contributed by atoms with Gasteiger partial charge in [0.1, 0.15) is 0 Å². The van der Waals surface area contributed by atoms with Crippen LogP contribution in [0.15, 0.2) is 30.3 Å². The number of hydrogen-bond donors (Lipinski definition) is 1. The molecule has 0 radical (unpaired) electrons. The van der Waals surface area contributed by atoms with Gasteiger partial charge in [-0.15, -0.1) is 12.4 Å². The van der Waals surface area contributed by atoms with Crippen LogP contribution in [0.3, 0.4) is 0 Å². The normalized spacial score (nSPS) is 18.3. The van der Waals surface area contributed by atoms with Crippen LogP contribution in [-0.2, 0) is 6.54 Å². The number of piperidine rings is 1. The number of benzene rings is 1. The predicted molar refractivity (Wildman–Crippen MR) is 107 cm³/mol. The lowest BCUT2D eigenvalue weighted by Gasteiger charge is -2.34. The number of aryl methyl sites for hydroxylation is 2. The van der Waals surface area contributed by atoms with Crippen LogP contribution in [0.1, 0.15) is 47.1 Å². The Kier molecular flexibility index (Phi) is 6.84. The van der Waals surface area contributed by atoms with E-state index in [4.69, 9.17) is 5.73 Å². The molecule has 3 rings (SSSR count). The fourth-order valence-corrected chi connectivity index (χ4v) is 3.57. The van der Waals surface area contributed by atoms with E-state index < -0.39 is 0 Å². The standard InChI is InChI=1S/C20H28N4O.ClH/c1-14-11-15(2)24(22-14)12-17-6-8-18(9-7-17)20(25)23-10-4-5-19(13-23)16(3)21;/h6-9,11,16,19H,4-5,10,12-13,21H2,1-3H3;1H. The van der Waals surface area contributed by atoms with E-state index >= 15 is 0 Å². The van der Waals surface area contributed by atoms with Crippen molar-refractivity contribution in [3.8, 4) is 0 Å². The molecule has 2 heterocycles. The molecular weight excluding hydrogens is 348 g/mol. The average molecular weight is 377 g/mol. The van der Waals surface area contributed by atoms with Gasteiger partial charge < -0.3 is 10.6 Å². The molecule has 2 atom stereocenters. The number of likely N-dealkylation sites (tertiary alicyclic amines) is 1. The van der Waals surface area contributed by atoms with Crippen molar-refractivity contribution in [2.24, 2.45) is 11.7 Å². The van der Waals surface area contributed by atoms with Gasteiger partial charge in [0.15, 0.2) is 0 Å². The second-order valence-corrected chi connectivity index (χ2v) is 7.29. The van der Waals surface area contributed by atoms with E-state index in [0.29, 0.717) is 5.92 Å². The molecule has 2 aromatic rings. The Morgan fingerprint density at radius 3 is 2.58 bits per heavy atom. The van der Waals surface area contributed by atoms with Crippen LogP contribution >= 0.6 is 12.4 Å². The second-order valence-electron chi connectivity index (χ2n) is 7.29. The van der Waals surface area contributed by atoms with Gasteiger partial charge in [0.2, 0.25) is 0 Å². The minimum Gasteiger partial charge on any atom is -0.338 e. The van der Waals surface area contributed by atoms with E-state index in [1.165, 1.54) is 0 Å². The molecule has 0 saturated carbocycles. The highest BCUT2D eigenvalue weighted by Gasteiger charge is 2.26. The molecule has 1 aliphatic heterocycles. The number of nitrogens with zero attached hydrogens (tertiary/aromatic N) is 3. The number of hydrogen-bond acceptors (Lipinski definition) is 3. The Morgan fingerprint density at radius 1 is 1.31 bits per heavy atom. The highest BCUT2D eigenvalue weighted by atomic mass is 35.5. The van der Waals surface area contributed by atoms with Crippen molar-refractivity contribution in [2.75, 3.05) is 13.1 Å². The van der Waals surface area contributed by atoms with Crippen molar-refractivity contribution in [3.05, 3.63) is 52.8 Å². The lowest BCUT2D eigenvalue weighted by molar-refractivity contribution is 0.0661. The SMILES string of the molecule is Cc1cc(C)n(Cc2ccc(C(=O)N3CCCC(C(C)N)C3)cc2)n1.Cl. The first-order valence-corrected chi connectivity index (χ1v) is 9.09. The summed E-state index contributed by atoms with van der Waals surface area (Å²) in [7, 11) is 0. The van der Waals surface area contributed by atoms with E-state index in [2.05, 4.69) is 18.1 Å². The monoisotopic (exact) mass is 376 g/mol. The van der Waals surface area contributed by atoms with Crippen LogP contribution in [0, 0.1) is 19.8 Å². The van der Waals surface area contributed by atoms with Crippen LogP contribution in [-0.4, -0.2) is 39.7 Å². The van der Waals surface area contributed by atoms with Gasteiger partial charge >= 0.3 is 0 Å². The topological polar surface area (TPSA) is 64.2 Å². The van der Waals surface area contributed by atoms with Crippen molar-refractivity contribution >= 4 is 18.3 Å². The molecule has 1 aliphatic rings. The first kappa shape index (κ1) is 20.5. The minimum absolute atomic E-state index is 0. The molecule has 1 fully saturated rings. The summed E-state index contributed by atoms with van der Waals surface area (Å²) in [4.78, 5) is 14.7. The maximum absolute atomic E-state index is 12.8. The lowest BCUT2D eigenvalue weighted by atomic mass is 9.92. The molecule has 142 valence electrons. The third kappa shape index (κ3) is 4.65. The third-order valence-electron chi connectivity index (χ3n) is 5.13. The smallest absolute Gasteiger partial charge is 0.253 e. The van der Waals surface area contributed by atoms with Crippen molar-refractivity contribution in [3.63, 3.8) is 0 Å². The summed E-state index contributed by atoms with van der Waals surface area (Å²) in [5, 5.41) is 4.49. The molecule has 6 heteroatoms. The lowest BCUT2D eigenvalue weighted by Crippen LogP contribution is -2.45. The summed E-state index contributed by atoms with van der Waals surface area (Å²) < 4.78 is 1.99. The second kappa shape index (κ2) is 8.69. The predicted octanol–water partition coefficient (Wildman–Crippen LogP) is 3.17. The molecule has 0 spiro atoms. The number of amides is 1. The van der Waals surface area contributed by atoms with E-state index in [1.54, 1.807) is 0 Å². The molecular formula is C20H29ClN4O. The van der Waals surface area contributed by atoms with E-state index in [-0.39, 0.29) is 24.4 Å². The largest absolute Gasteiger partial charge is 0.338 e. The fourth-order valence-electron chi connectivity index (χ4n) is 3.57. The molecule has 1 saturated heterocycles. The zero-order chi connectivity index (χ0) is 18.0. The number of carbonyl (C=O) groups is 1. The summed E-state index contributed by atoms with van der Waals surface area (Å²) in [5.41, 5.74) is 10.1. The Morgan fingerprint density at radius 2 is 2.00 bits per heavy atom. The Labute approximate surface area is 162 Å². The van der Waals surface area contributed by atoms with E-state index in [1.807, 2.05) is 47.7 Å². The van der Waals surface area contributed by atoms with Crippen LogP contribution in [0.2, 0.25) is 0 Å². The quantitative estimate of drug-likeness (QED) is 0.891. The maximum atomic E-state index is 12.8. The highest BCUT2D eigenvalue weighted by Crippen LogP contribution is 2.21. The number of nitrogens with two attached hydrogens (primary N) is 1. The molecule has 1 amide bonds. The third-order valence-corrected chi connectivity index (χ3v) is 5.13. The van der Waals surface area contributed by atoms with Crippen LogP contribution in [0.5, 0.6) is 0 Å². The van der Waals surface area contributed by atoms with Crippen molar-refractivity contribution in [1.29, 1.82) is 0 Å². The number of aromatic nitrogens is 2. The summed E-state index contributed by atoms with van der Waals surface area (Å²) >= 11 is 0. The van der Waals surface area contributed by atoms with Gasteiger partial charge in [-0.25, -0.2) is 0 Å². The summed E-state index contributed by atoms with van der Waals surface area (Å²) in [6.07, 6.45) is 2.15.